The molecule has 2 aromatic carbocycles. The smallest absolute Gasteiger partial charge is 0.206 e. The fourth-order valence-corrected chi connectivity index (χ4v) is 3.90. The van der Waals surface area contributed by atoms with Crippen molar-refractivity contribution in [3.8, 4) is 22.8 Å². The van der Waals surface area contributed by atoms with E-state index in [9.17, 15) is 0 Å². The van der Waals surface area contributed by atoms with Crippen LogP contribution in [0.2, 0.25) is 0 Å². The second kappa shape index (κ2) is 9.09. The summed E-state index contributed by atoms with van der Waals surface area (Å²) in [6, 6.07) is 12.2. The van der Waals surface area contributed by atoms with Crippen molar-refractivity contribution < 1.29 is 9.47 Å². The first kappa shape index (κ1) is 20.9. The van der Waals surface area contributed by atoms with Crippen LogP contribution in [0.4, 0.5) is 0 Å². The Morgan fingerprint density at radius 3 is 2.48 bits per heavy atom. The molecule has 3 rings (SSSR count). The van der Waals surface area contributed by atoms with Crippen molar-refractivity contribution in [3.05, 3.63) is 63.3 Å². The van der Waals surface area contributed by atoms with Gasteiger partial charge in [-0.05, 0) is 68.7 Å². The van der Waals surface area contributed by atoms with Gasteiger partial charge in [0.1, 0.15) is 11.5 Å². The van der Waals surface area contributed by atoms with Gasteiger partial charge in [-0.25, -0.2) is 4.68 Å². The first-order valence-corrected chi connectivity index (χ1v) is 10.4. The summed E-state index contributed by atoms with van der Waals surface area (Å²) in [6.07, 6.45) is 0. The van der Waals surface area contributed by atoms with Crippen LogP contribution in [-0.2, 0) is 0 Å². The Balaban J connectivity index is 2.20. The maximum absolute atomic E-state index is 5.60. The number of thiazole rings is 1. The third kappa shape index (κ3) is 4.43. The fraction of sp³-hybridized carbons (Fsp3) is 0.304. The summed E-state index contributed by atoms with van der Waals surface area (Å²) in [5, 5.41) is 7.00. The van der Waals surface area contributed by atoms with Gasteiger partial charge in [0.2, 0.25) is 4.80 Å². The number of rotatable bonds is 6. The molecule has 0 fully saturated rings. The van der Waals surface area contributed by atoms with E-state index in [0.29, 0.717) is 6.54 Å². The van der Waals surface area contributed by atoms with Gasteiger partial charge in [-0.15, -0.1) is 11.3 Å². The number of nitrogens with zero attached hydrogens (tertiary/aromatic N) is 3. The molecule has 0 spiro atoms. The third-order valence-electron chi connectivity index (χ3n) is 4.84. The molecular formula is C23H27N3O2S. The van der Waals surface area contributed by atoms with E-state index >= 15 is 0 Å². The largest absolute Gasteiger partial charge is 0.497 e. The number of aryl methyl sites for hydroxylation is 2. The Hall–Kier alpha value is -2.86. The summed E-state index contributed by atoms with van der Waals surface area (Å²) in [5.74, 6) is 1.53. The van der Waals surface area contributed by atoms with Crippen LogP contribution in [-0.4, -0.2) is 31.2 Å². The minimum absolute atomic E-state index is 0.688. The van der Waals surface area contributed by atoms with E-state index in [1.54, 1.807) is 25.6 Å². The van der Waals surface area contributed by atoms with Crippen molar-refractivity contribution >= 4 is 17.0 Å². The van der Waals surface area contributed by atoms with E-state index in [1.165, 1.54) is 11.1 Å². The lowest BCUT2D eigenvalue weighted by atomic mass is 10.0. The van der Waals surface area contributed by atoms with Gasteiger partial charge in [0.05, 0.1) is 25.6 Å². The van der Waals surface area contributed by atoms with Crippen molar-refractivity contribution in [3.63, 3.8) is 0 Å². The van der Waals surface area contributed by atoms with Crippen LogP contribution in [0.1, 0.15) is 30.5 Å². The van der Waals surface area contributed by atoms with Gasteiger partial charge >= 0.3 is 0 Å². The van der Waals surface area contributed by atoms with Gasteiger partial charge in [0.25, 0.3) is 0 Å². The second-order valence-electron chi connectivity index (χ2n) is 6.74. The first-order chi connectivity index (χ1) is 14.0. The molecule has 6 heteroatoms. The Morgan fingerprint density at radius 1 is 1.03 bits per heavy atom. The third-order valence-corrected chi connectivity index (χ3v) is 5.69. The maximum atomic E-state index is 5.60. The molecule has 0 N–H and O–H groups in total. The summed E-state index contributed by atoms with van der Waals surface area (Å²) < 4.78 is 12.9. The first-order valence-electron chi connectivity index (χ1n) is 9.55. The van der Waals surface area contributed by atoms with Crippen molar-refractivity contribution in [1.82, 2.24) is 4.68 Å². The minimum atomic E-state index is 0.688. The number of aromatic nitrogens is 1. The number of ether oxygens (including phenoxy) is 2. The molecule has 0 unspecified atom stereocenters. The topological polar surface area (TPSA) is 48.1 Å². The van der Waals surface area contributed by atoms with Gasteiger partial charge in [-0.1, -0.05) is 12.1 Å². The molecule has 0 saturated heterocycles. The number of methoxy groups -OCH3 is 2. The zero-order valence-corrected chi connectivity index (χ0v) is 18.6. The number of hydrogen-bond acceptors (Lipinski definition) is 5. The van der Waals surface area contributed by atoms with E-state index in [4.69, 9.17) is 14.6 Å². The molecule has 0 aliphatic rings. The van der Waals surface area contributed by atoms with Crippen molar-refractivity contribution in [2.75, 3.05) is 20.8 Å². The zero-order valence-electron chi connectivity index (χ0n) is 17.8. The molecule has 0 aliphatic heterocycles. The molecule has 3 aromatic rings. The predicted octanol–water partition coefficient (Wildman–Crippen LogP) is 5.04. The molecule has 0 aliphatic carbocycles. The minimum Gasteiger partial charge on any atom is -0.497 e. The molecule has 0 radical (unpaired) electrons. The van der Waals surface area contributed by atoms with E-state index in [1.807, 2.05) is 36.7 Å². The van der Waals surface area contributed by atoms with Gasteiger partial charge in [0.15, 0.2) is 0 Å². The summed E-state index contributed by atoms with van der Waals surface area (Å²) >= 11 is 1.56. The molecule has 1 aromatic heterocycles. The maximum Gasteiger partial charge on any atom is 0.206 e. The quantitative estimate of drug-likeness (QED) is 0.535. The monoisotopic (exact) mass is 409 g/mol. The molecule has 5 nitrogen and oxygen atoms in total. The Bertz CT molecular complexity index is 1110. The van der Waals surface area contributed by atoms with Crippen LogP contribution in [0.3, 0.4) is 0 Å². The summed E-state index contributed by atoms with van der Waals surface area (Å²) in [5.41, 5.74) is 6.37. The average molecular weight is 410 g/mol. The van der Waals surface area contributed by atoms with Gasteiger partial charge in [-0.2, -0.15) is 5.10 Å². The highest BCUT2D eigenvalue weighted by Gasteiger charge is 2.14. The van der Waals surface area contributed by atoms with Gasteiger partial charge in [0, 0.05) is 17.5 Å². The fourth-order valence-electron chi connectivity index (χ4n) is 3.01. The molecule has 0 amide bonds. The summed E-state index contributed by atoms with van der Waals surface area (Å²) in [6.45, 7) is 8.97. The molecule has 0 atom stereocenters. The van der Waals surface area contributed by atoms with Gasteiger partial charge in [-0.3, -0.25) is 4.99 Å². The van der Waals surface area contributed by atoms with Gasteiger partial charge < -0.3 is 9.47 Å². The van der Waals surface area contributed by atoms with Crippen molar-refractivity contribution in [2.24, 2.45) is 10.1 Å². The van der Waals surface area contributed by atoms with Crippen LogP contribution >= 0.6 is 11.3 Å². The highest BCUT2D eigenvalue weighted by molar-refractivity contribution is 7.07. The van der Waals surface area contributed by atoms with E-state index in [-0.39, 0.29) is 0 Å². The Kier molecular flexibility index (Phi) is 6.54. The normalized spacial score (nSPS) is 12.3. The molecule has 1 heterocycles. The highest BCUT2D eigenvalue weighted by Crippen LogP contribution is 2.33. The zero-order chi connectivity index (χ0) is 21.0. The van der Waals surface area contributed by atoms with Crippen LogP contribution < -0.4 is 14.3 Å². The van der Waals surface area contributed by atoms with E-state index in [2.05, 4.69) is 42.4 Å². The van der Waals surface area contributed by atoms with Crippen LogP contribution in [0, 0.1) is 13.8 Å². The van der Waals surface area contributed by atoms with E-state index in [0.717, 1.165) is 38.8 Å². The van der Waals surface area contributed by atoms with Crippen molar-refractivity contribution in [1.29, 1.82) is 0 Å². The SMILES string of the molecule is CCN=c1scc(-c2cc(OC)ccc2OC)n1N=C(C)c1ccc(C)c(C)c1. The lowest BCUT2D eigenvalue weighted by Crippen LogP contribution is -2.14. The Morgan fingerprint density at radius 2 is 1.83 bits per heavy atom. The molecule has 0 saturated carbocycles. The Labute approximate surface area is 176 Å². The molecule has 29 heavy (non-hydrogen) atoms. The second-order valence-corrected chi connectivity index (χ2v) is 7.58. The predicted molar refractivity (Wildman–Crippen MR) is 120 cm³/mol. The standard InChI is InChI=1S/C23H27N3O2S/c1-7-24-23-26(25-17(4)18-9-8-15(2)16(3)12-18)21(14-29-23)20-13-19(27-5)10-11-22(20)28-6/h8-14H,7H2,1-6H3. The van der Waals surface area contributed by atoms with Crippen LogP contribution in [0.5, 0.6) is 11.5 Å². The van der Waals surface area contributed by atoms with Crippen LogP contribution in [0.25, 0.3) is 11.3 Å². The summed E-state index contributed by atoms with van der Waals surface area (Å²) in [4.78, 5) is 5.47. The van der Waals surface area contributed by atoms with Crippen LogP contribution in [0.15, 0.2) is 51.9 Å². The average Bonchev–Trinajstić information content (AvgIpc) is 3.11. The lowest BCUT2D eigenvalue weighted by molar-refractivity contribution is 0.404. The lowest BCUT2D eigenvalue weighted by Gasteiger charge is -2.12. The molecule has 0 bridgehead atoms. The number of benzene rings is 2. The van der Waals surface area contributed by atoms with E-state index < -0.39 is 0 Å². The molecule has 152 valence electrons. The molecular weight excluding hydrogens is 382 g/mol. The highest BCUT2D eigenvalue weighted by atomic mass is 32.1. The number of hydrogen-bond donors (Lipinski definition) is 0. The van der Waals surface area contributed by atoms with Crippen molar-refractivity contribution in [2.45, 2.75) is 27.7 Å². The summed E-state index contributed by atoms with van der Waals surface area (Å²) in [7, 11) is 3.33.